The van der Waals surface area contributed by atoms with E-state index in [1.54, 1.807) is 0 Å². The fourth-order valence-electron chi connectivity index (χ4n) is 2.87. The first-order valence-electron chi connectivity index (χ1n) is 5.77. The van der Waals surface area contributed by atoms with Gasteiger partial charge in [-0.05, 0) is 63.2 Å². The minimum atomic E-state index is 0.897. The van der Waals surface area contributed by atoms with E-state index in [0.717, 1.165) is 17.8 Å². The van der Waals surface area contributed by atoms with Crippen LogP contribution in [0.15, 0.2) is 0 Å². The first-order valence-corrected chi connectivity index (χ1v) is 5.77. The molecule has 2 aliphatic heterocycles. The molecule has 2 atom stereocenters. The molecule has 0 amide bonds. The molecule has 0 bridgehead atoms. The van der Waals surface area contributed by atoms with Crippen LogP contribution in [0.3, 0.4) is 0 Å². The molecule has 2 aliphatic rings. The van der Waals surface area contributed by atoms with E-state index in [0.29, 0.717) is 0 Å². The molecule has 0 aromatic carbocycles. The number of rotatable bonds is 1. The molecule has 76 valence electrons. The van der Waals surface area contributed by atoms with E-state index in [1.165, 1.54) is 45.4 Å². The fourth-order valence-corrected chi connectivity index (χ4v) is 2.87. The lowest BCUT2D eigenvalue weighted by molar-refractivity contribution is 0.186. The van der Waals surface area contributed by atoms with Crippen molar-refractivity contribution < 1.29 is 0 Å². The fraction of sp³-hybridized carbons (Fsp3) is 1.00. The summed E-state index contributed by atoms with van der Waals surface area (Å²) in [6.07, 6.45) is 4.26. The summed E-state index contributed by atoms with van der Waals surface area (Å²) < 4.78 is 0. The van der Waals surface area contributed by atoms with E-state index in [9.17, 15) is 0 Å². The Morgan fingerprint density at radius 3 is 2.38 bits per heavy atom. The second-order valence-corrected chi connectivity index (χ2v) is 4.85. The summed E-state index contributed by atoms with van der Waals surface area (Å²) in [5, 5.41) is 7.01. The second-order valence-electron chi connectivity index (χ2n) is 4.85. The zero-order valence-corrected chi connectivity index (χ0v) is 8.68. The Labute approximate surface area is 81.5 Å². The number of hydrogen-bond donors (Lipinski definition) is 2. The molecule has 2 saturated heterocycles. The first-order chi connectivity index (χ1) is 6.36. The lowest BCUT2D eigenvalue weighted by Gasteiger charge is -2.36. The van der Waals surface area contributed by atoms with Crippen molar-refractivity contribution in [3.8, 4) is 0 Å². The van der Waals surface area contributed by atoms with E-state index < -0.39 is 0 Å². The van der Waals surface area contributed by atoms with Gasteiger partial charge in [0.15, 0.2) is 0 Å². The molecule has 2 unspecified atom stereocenters. The van der Waals surface area contributed by atoms with Crippen LogP contribution in [0.2, 0.25) is 0 Å². The highest BCUT2D eigenvalue weighted by atomic mass is 14.9. The molecule has 0 radical (unpaired) electrons. The van der Waals surface area contributed by atoms with Gasteiger partial charge in [0.05, 0.1) is 0 Å². The van der Waals surface area contributed by atoms with Crippen LogP contribution in [0.1, 0.15) is 26.2 Å². The van der Waals surface area contributed by atoms with Gasteiger partial charge in [0.25, 0.3) is 0 Å². The predicted molar refractivity (Wildman–Crippen MR) is 55.7 cm³/mol. The smallest absolute Gasteiger partial charge is 0.00176 e. The maximum atomic E-state index is 3.56. The number of piperidine rings is 2. The Bertz CT molecular complexity index is 152. The normalized spacial score (nSPS) is 37.6. The van der Waals surface area contributed by atoms with Crippen LogP contribution in [0.5, 0.6) is 0 Å². The average Bonchev–Trinajstić information content (AvgIpc) is 2.19. The van der Waals surface area contributed by atoms with Crippen molar-refractivity contribution in [3.05, 3.63) is 0 Å². The predicted octanol–water partition coefficient (Wildman–Crippen LogP) is 1.23. The minimum Gasteiger partial charge on any atom is -0.317 e. The standard InChI is InChI=1S/C11H22N2/c1-9-6-11(8-13-7-9)10-2-4-12-5-3-10/h9-13H,2-8H2,1H3. The summed E-state index contributed by atoms with van der Waals surface area (Å²) in [6, 6.07) is 0. The molecule has 0 saturated carbocycles. The molecule has 13 heavy (non-hydrogen) atoms. The summed E-state index contributed by atoms with van der Waals surface area (Å²) in [5.41, 5.74) is 0. The third-order valence-corrected chi connectivity index (χ3v) is 3.65. The van der Waals surface area contributed by atoms with Crippen LogP contribution in [0.4, 0.5) is 0 Å². The van der Waals surface area contributed by atoms with Crippen molar-refractivity contribution in [3.63, 3.8) is 0 Å². The summed E-state index contributed by atoms with van der Waals surface area (Å²) >= 11 is 0. The summed E-state index contributed by atoms with van der Waals surface area (Å²) in [6.45, 7) is 7.38. The van der Waals surface area contributed by atoms with Gasteiger partial charge in [-0.3, -0.25) is 0 Å². The topological polar surface area (TPSA) is 24.1 Å². The van der Waals surface area contributed by atoms with Gasteiger partial charge in [0, 0.05) is 0 Å². The van der Waals surface area contributed by atoms with E-state index in [4.69, 9.17) is 0 Å². The van der Waals surface area contributed by atoms with Gasteiger partial charge >= 0.3 is 0 Å². The molecule has 2 fully saturated rings. The maximum absolute atomic E-state index is 3.56. The van der Waals surface area contributed by atoms with E-state index in [2.05, 4.69) is 17.6 Å². The van der Waals surface area contributed by atoms with E-state index in [1.807, 2.05) is 0 Å². The Morgan fingerprint density at radius 2 is 1.69 bits per heavy atom. The minimum absolute atomic E-state index is 0.897. The van der Waals surface area contributed by atoms with Crippen molar-refractivity contribution in [2.75, 3.05) is 26.2 Å². The number of nitrogens with one attached hydrogen (secondary N) is 2. The van der Waals surface area contributed by atoms with Crippen molar-refractivity contribution in [1.29, 1.82) is 0 Å². The van der Waals surface area contributed by atoms with Gasteiger partial charge in [-0.2, -0.15) is 0 Å². The SMILES string of the molecule is CC1CNCC(C2CCNCC2)C1. The molecule has 0 aliphatic carbocycles. The van der Waals surface area contributed by atoms with Crippen LogP contribution in [0, 0.1) is 17.8 Å². The van der Waals surface area contributed by atoms with Crippen molar-refractivity contribution >= 4 is 0 Å². The van der Waals surface area contributed by atoms with Gasteiger partial charge in [0.1, 0.15) is 0 Å². The van der Waals surface area contributed by atoms with E-state index >= 15 is 0 Å². The van der Waals surface area contributed by atoms with Crippen LogP contribution in [0.25, 0.3) is 0 Å². The molecule has 0 aromatic heterocycles. The molecule has 0 aromatic rings. The second kappa shape index (κ2) is 4.43. The summed E-state index contributed by atoms with van der Waals surface area (Å²) in [4.78, 5) is 0. The highest BCUT2D eigenvalue weighted by Gasteiger charge is 2.27. The van der Waals surface area contributed by atoms with Crippen molar-refractivity contribution in [2.24, 2.45) is 17.8 Å². The summed E-state index contributed by atoms with van der Waals surface area (Å²) in [7, 11) is 0. The quantitative estimate of drug-likeness (QED) is 0.637. The lowest BCUT2D eigenvalue weighted by Crippen LogP contribution is -2.41. The van der Waals surface area contributed by atoms with Crippen LogP contribution < -0.4 is 10.6 Å². The van der Waals surface area contributed by atoms with Crippen LogP contribution in [-0.4, -0.2) is 26.2 Å². The largest absolute Gasteiger partial charge is 0.317 e. The zero-order valence-electron chi connectivity index (χ0n) is 8.68. The van der Waals surface area contributed by atoms with Crippen molar-refractivity contribution in [2.45, 2.75) is 26.2 Å². The molecule has 2 rings (SSSR count). The molecule has 0 spiro atoms. The van der Waals surface area contributed by atoms with E-state index in [-0.39, 0.29) is 0 Å². The highest BCUT2D eigenvalue weighted by Crippen LogP contribution is 2.28. The van der Waals surface area contributed by atoms with Gasteiger partial charge in [-0.1, -0.05) is 6.92 Å². The maximum Gasteiger partial charge on any atom is -0.00176 e. The van der Waals surface area contributed by atoms with Crippen molar-refractivity contribution in [1.82, 2.24) is 10.6 Å². The lowest BCUT2D eigenvalue weighted by atomic mass is 9.78. The van der Waals surface area contributed by atoms with Crippen LogP contribution in [-0.2, 0) is 0 Å². The Kier molecular flexibility index (Phi) is 3.23. The monoisotopic (exact) mass is 182 g/mol. The third kappa shape index (κ3) is 2.44. The Morgan fingerprint density at radius 1 is 0.923 bits per heavy atom. The third-order valence-electron chi connectivity index (χ3n) is 3.65. The molecule has 2 N–H and O–H groups in total. The molecular formula is C11H22N2. The first kappa shape index (κ1) is 9.47. The van der Waals surface area contributed by atoms with Gasteiger partial charge in [-0.25, -0.2) is 0 Å². The molecule has 2 heteroatoms. The Hall–Kier alpha value is -0.0800. The zero-order chi connectivity index (χ0) is 9.10. The van der Waals surface area contributed by atoms with Gasteiger partial charge < -0.3 is 10.6 Å². The van der Waals surface area contributed by atoms with Gasteiger partial charge in [-0.15, -0.1) is 0 Å². The average molecular weight is 182 g/mol. The van der Waals surface area contributed by atoms with Gasteiger partial charge in [0.2, 0.25) is 0 Å². The van der Waals surface area contributed by atoms with Crippen LogP contribution >= 0.6 is 0 Å². The Balaban J connectivity index is 1.83. The summed E-state index contributed by atoms with van der Waals surface area (Å²) in [5.74, 6) is 2.86. The molecular weight excluding hydrogens is 160 g/mol. The molecule has 2 heterocycles. The number of hydrogen-bond acceptors (Lipinski definition) is 2. The molecule has 2 nitrogen and oxygen atoms in total. The highest BCUT2D eigenvalue weighted by molar-refractivity contribution is 4.82.